The number of aryl methyl sites for hydroxylation is 4. The van der Waals surface area contributed by atoms with Crippen molar-refractivity contribution in [3.05, 3.63) is 58.6 Å². The van der Waals surface area contributed by atoms with E-state index in [0.717, 1.165) is 22.6 Å². The average molecular weight is 324 g/mol. The van der Waals surface area contributed by atoms with Crippen LogP contribution in [0.15, 0.2) is 34.9 Å². The monoisotopic (exact) mass is 324 g/mol. The summed E-state index contributed by atoms with van der Waals surface area (Å²) in [5.41, 5.74) is 4.48. The van der Waals surface area contributed by atoms with Crippen LogP contribution < -0.4 is 5.32 Å². The SMILES string of the molecule is Cc1ccc(-n2nc(C)cc2NC(=O)Cc2c(C)noc2C)cc1. The normalized spacial score (nSPS) is 10.8. The van der Waals surface area contributed by atoms with Crippen molar-refractivity contribution in [1.29, 1.82) is 0 Å². The van der Waals surface area contributed by atoms with E-state index in [0.29, 0.717) is 11.6 Å². The fraction of sp³-hybridized carbons (Fsp3) is 0.278. The van der Waals surface area contributed by atoms with Gasteiger partial charge in [-0.1, -0.05) is 22.9 Å². The van der Waals surface area contributed by atoms with Crippen molar-refractivity contribution in [2.45, 2.75) is 34.1 Å². The van der Waals surface area contributed by atoms with E-state index < -0.39 is 0 Å². The first-order valence-electron chi connectivity index (χ1n) is 7.79. The fourth-order valence-corrected chi connectivity index (χ4v) is 2.57. The van der Waals surface area contributed by atoms with E-state index >= 15 is 0 Å². The number of nitrogens with zero attached hydrogens (tertiary/aromatic N) is 3. The summed E-state index contributed by atoms with van der Waals surface area (Å²) >= 11 is 0. The first-order valence-corrected chi connectivity index (χ1v) is 7.79. The molecule has 0 unspecified atom stereocenters. The third kappa shape index (κ3) is 3.22. The zero-order valence-electron chi connectivity index (χ0n) is 14.3. The first-order chi connectivity index (χ1) is 11.4. The van der Waals surface area contributed by atoms with Crippen molar-refractivity contribution in [2.75, 3.05) is 5.32 Å². The molecule has 2 aromatic heterocycles. The van der Waals surface area contributed by atoms with Crippen LogP contribution in [-0.2, 0) is 11.2 Å². The minimum atomic E-state index is -0.127. The number of aromatic nitrogens is 3. The molecule has 124 valence electrons. The highest BCUT2D eigenvalue weighted by atomic mass is 16.5. The lowest BCUT2D eigenvalue weighted by Gasteiger charge is -2.09. The standard InChI is InChI=1S/C18H20N4O2/c1-11-5-7-15(8-6-11)22-17(9-12(2)20-22)19-18(23)10-16-13(3)21-24-14(16)4/h5-9H,10H2,1-4H3,(H,19,23). The van der Waals surface area contributed by atoms with Crippen LogP contribution in [-0.4, -0.2) is 20.8 Å². The number of carbonyl (C=O) groups excluding carboxylic acids is 1. The number of hydrogen-bond donors (Lipinski definition) is 1. The molecule has 0 saturated heterocycles. The van der Waals surface area contributed by atoms with Crippen LogP contribution in [0.5, 0.6) is 0 Å². The maximum absolute atomic E-state index is 12.4. The van der Waals surface area contributed by atoms with Crippen molar-refractivity contribution in [2.24, 2.45) is 0 Å². The molecular formula is C18H20N4O2. The van der Waals surface area contributed by atoms with Crippen LogP contribution in [0, 0.1) is 27.7 Å². The highest BCUT2D eigenvalue weighted by Crippen LogP contribution is 2.19. The molecule has 1 amide bonds. The van der Waals surface area contributed by atoms with Gasteiger partial charge < -0.3 is 9.84 Å². The van der Waals surface area contributed by atoms with Gasteiger partial charge in [-0.15, -0.1) is 0 Å². The Hall–Kier alpha value is -2.89. The molecule has 3 rings (SSSR count). The predicted molar refractivity (Wildman–Crippen MR) is 91.3 cm³/mol. The third-order valence-corrected chi connectivity index (χ3v) is 3.90. The van der Waals surface area contributed by atoms with E-state index in [-0.39, 0.29) is 12.3 Å². The summed E-state index contributed by atoms with van der Waals surface area (Å²) < 4.78 is 6.84. The van der Waals surface area contributed by atoms with Crippen molar-refractivity contribution in [1.82, 2.24) is 14.9 Å². The number of amides is 1. The second-order valence-electron chi connectivity index (χ2n) is 5.95. The molecule has 1 N–H and O–H groups in total. The number of carbonyl (C=O) groups is 1. The smallest absolute Gasteiger partial charge is 0.230 e. The van der Waals surface area contributed by atoms with Gasteiger partial charge in [-0.2, -0.15) is 5.10 Å². The van der Waals surface area contributed by atoms with Crippen molar-refractivity contribution < 1.29 is 9.32 Å². The zero-order valence-corrected chi connectivity index (χ0v) is 14.3. The molecule has 0 spiro atoms. The maximum Gasteiger partial charge on any atom is 0.230 e. The third-order valence-electron chi connectivity index (χ3n) is 3.90. The topological polar surface area (TPSA) is 73.0 Å². The molecule has 2 heterocycles. The van der Waals surface area contributed by atoms with Crippen LogP contribution >= 0.6 is 0 Å². The van der Waals surface area contributed by atoms with Gasteiger partial charge in [0.15, 0.2) is 0 Å². The molecule has 0 aliphatic carbocycles. The predicted octanol–water partition coefficient (Wildman–Crippen LogP) is 3.28. The van der Waals surface area contributed by atoms with Crippen LogP contribution in [0.4, 0.5) is 5.82 Å². The second kappa shape index (κ2) is 6.31. The van der Waals surface area contributed by atoms with Gasteiger partial charge in [0, 0.05) is 11.6 Å². The van der Waals surface area contributed by atoms with E-state index in [1.165, 1.54) is 5.56 Å². The lowest BCUT2D eigenvalue weighted by atomic mass is 10.1. The molecule has 3 aromatic rings. The molecule has 1 aromatic carbocycles. The molecule has 0 atom stereocenters. The number of benzene rings is 1. The summed E-state index contributed by atoms with van der Waals surface area (Å²) in [5, 5.41) is 11.3. The van der Waals surface area contributed by atoms with E-state index in [9.17, 15) is 4.79 Å². The van der Waals surface area contributed by atoms with Crippen molar-refractivity contribution >= 4 is 11.7 Å². The van der Waals surface area contributed by atoms with Gasteiger partial charge >= 0.3 is 0 Å². The van der Waals surface area contributed by atoms with E-state index in [1.807, 2.05) is 58.0 Å². The van der Waals surface area contributed by atoms with Gasteiger partial charge in [-0.3, -0.25) is 4.79 Å². The van der Waals surface area contributed by atoms with Gasteiger partial charge in [0.05, 0.1) is 23.5 Å². The van der Waals surface area contributed by atoms with Gasteiger partial charge in [-0.25, -0.2) is 4.68 Å². The van der Waals surface area contributed by atoms with Gasteiger partial charge in [0.25, 0.3) is 0 Å². The Morgan fingerprint density at radius 1 is 1.17 bits per heavy atom. The summed E-state index contributed by atoms with van der Waals surface area (Å²) in [7, 11) is 0. The lowest BCUT2D eigenvalue weighted by molar-refractivity contribution is -0.115. The van der Waals surface area contributed by atoms with E-state index in [1.54, 1.807) is 4.68 Å². The molecule has 0 aliphatic rings. The number of rotatable bonds is 4. The summed E-state index contributed by atoms with van der Waals surface area (Å²) in [6.45, 7) is 7.57. The Kier molecular flexibility index (Phi) is 4.20. The highest BCUT2D eigenvalue weighted by molar-refractivity contribution is 5.92. The Morgan fingerprint density at radius 2 is 1.88 bits per heavy atom. The van der Waals surface area contributed by atoms with Crippen molar-refractivity contribution in [3.63, 3.8) is 0 Å². The summed E-state index contributed by atoms with van der Waals surface area (Å²) in [5.74, 6) is 1.19. The molecule has 6 heteroatoms. The number of nitrogens with one attached hydrogen (secondary N) is 1. The molecule has 24 heavy (non-hydrogen) atoms. The first kappa shape index (κ1) is 16.0. The van der Waals surface area contributed by atoms with Crippen LogP contribution in [0.3, 0.4) is 0 Å². The molecule has 0 fully saturated rings. The van der Waals surface area contributed by atoms with Crippen LogP contribution in [0.2, 0.25) is 0 Å². The Bertz CT molecular complexity index is 856. The minimum Gasteiger partial charge on any atom is -0.361 e. The van der Waals surface area contributed by atoms with Gasteiger partial charge in [-0.05, 0) is 39.8 Å². The summed E-state index contributed by atoms with van der Waals surface area (Å²) in [4.78, 5) is 12.4. The quantitative estimate of drug-likeness (QED) is 0.799. The average Bonchev–Trinajstić information content (AvgIpc) is 3.05. The Labute approximate surface area is 140 Å². The highest BCUT2D eigenvalue weighted by Gasteiger charge is 2.16. The van der Waals surface area contributed by atoms with Gasteiger partial charge in [0.2, 0.25) is 5.91 Å². The van der Waals surface area contributed by atoms with E-state index in [2.05, 4.69) is 15.6 Å². The van der Waals surface area contributed by atoms with Crippen molar-refractivity contribution in [3.8, 4) is 5.69 Å². The van der Waals surface area contributed by atoms with E-state index in [4.69, 9.17) is 4.52 Å². The molecular weight excluding hydrogens is 304 g/mol. The Balaban J connectivity index is 1.83. The number of hydrogen-bond acceptors (Lipinski definition) is 4. The molecule has 0 bridgehead atoms. The molecule has 0 saturated carbocycles. The molecule has 0 radical (unpaired) electrons. The molecule has 6 nitrogen and oxygen atoms in total. The molecule has 0 aliphatic heterocycles. The summed E-state index contributed by atoms with van der Waals surface area (Å²) in [6, 6.07) is 9.84. The van der Waals surface area contributed by atoms with Gasteiger partial charge in [0.1, 0.15) is 11.6 Å². The Morgan fingerprint density at radius 3 is 2.50 bits per heavy atom. The summed E-state index contributed by atoms with van der Waals surface area (Å²) in [6.07, 6.45) is 0.222. The largest absolute Gasteiger partial charge is 0.361 e. The lowest BCUT2D eigenvalue weighted by Crippen LogP contribution is -2.17. The minimum absolute atomic E-state index is 0.127. The zero-order chi connectivity index (χ0) is 17.3. The van der Waals surface area contributed by atoms with Crippen LogP contribution in [0.1, 0.15) is 28.3 Å². The maximum atomic E-state index is 12.4. The fourth-order valence-electron chi connectivity index (χ4n) is 2.57. The van der Waals surface area contributed by atoms with Crippen LogP contribution in [0.25, 0.3) is 5.69 Å². The number of anilines is 1. The second-order valence-corrected chi connectivity index (χ2v) is 5.95.